The molecule has 2 N–H and O–H groups in total. The highest BCUT2D eigenvalue weighted by Crippen LogP contribution is 2.33. The quantitative estimate of drug-likeness (QED) is 0.574. The van der Waals surface area contributed by atoms with Crippen molar-refractivity contribution in [3.8, 4) is 11.8 Å². The van der Waals surface area contributed by atoms with Crippen molar-refractivity contribution in [2.24, 2.45) is 5.92 Å². The van der Waals surface area contributed by atoms with E-state index in [-0.39, 0.29) is 6.10 Å². The maximum Gasteiger partial charge on any atom is 0.159 e. The molecular weight excluding hydrogens is 426 g/mol. The number of aromatic nitrogens is 2. The second kappa shape index (κ2) is 9.60. The number of piperidine rings is 1. The largest absolute Gasteiger partial charge is 0.495 e. The van der Waals surface area contributed by atoms with Gasteiger partial charge >= 0.3 is 0 Å². The highest BCUT2D eigenvalue weighted by Gasteiger charge is 2.25. The standard InChI is InChI=1S/C24H26ClN5O2/c1-15(31)18-7-9-30(10-8-18)24-19-5-3-16(13-26)11-20(19)23(28-29-24)27-14-17-4-6-22(32-2)21(25)12-17/h3-6,11-12,15,18,31H,7-10,14H2,1-2H3,(H,27,28). The fourth-order valence-corrected chi connectivity index (χ4v) is 4.45. The summed E-state index contributed by atoms with van der Waals surface area (Å²) in [4.78, 5) is 2.22. The van der Waals surface area contributed by atoms with Crippen LogP contribution in [-0.2, 0) is 6.54 Å². The van der Waals surface area contributed by atoms with Crippen LogP contribution >= 0.6 is 11.6 Å². The normalized spacial score (nSPS) is 15.4. The number of anilines is 2. The lowest BCUT2D eigenvalue weighted by Gasteiger charge is -2.34. The Kier molecular flexibility index (Phi) is 6.63. The number of hydrogen-bond acceptors (Lipinski definition) is 7. The molecule has 0 bridgehead atoms. The molecule has 2 aromatic carbocycles. The number of methoxy groups -OCH3 is 1. The summed E-state index contributed by atoms with van der Waals surface area (Å²) in [7, 11) is 1.59. The molecule has 1 unspecified atom stereocenters. The molecule has 7 nitrogen and oxygen atoms in total. The summed E-state index contributed by atoms with van der Waals surface area (Å²) in [5.74, 6) is 2.37. The number of ether oxygens (including phenoxy) is 1. The van der Waals surface area contributed by atoms with Gasteiger partial charge in [0.25, 0.3) is 0 Å². The van der Waals surface area contributed by atoms with Crippen LogP contribution in [0.3, 0.4) is 0 Å². The lowest BCUT2D eigenvalue weighted by Crippen LogP contribution is -2.37. The maximum absolute atomic E-state index is 9.90. The topological polar surface area (TPSA) is 94.3 Å². The Labute approximate surface area is 192 Å². The van der Waals surface area contributed by atoms with Gasteiger partial charge in [-0.05, 0) is 61.6 Å². The Morgan fingerprint density at radius 3 is 2.66 bits per heavy atom. The molecule has 0 spiro atoms. The van der Waals surface area contributed by atoms with E-state index in [1.54, 1.807) is 7.11 Å². The number of hydrogen-bond donors (Lipinski definition) is 2. The second-order valence-corrected chi connectivity index (χ2v) is 8.54. The molecule has 3 aromatic rings. The minimum absolute atomic E-state index is 0.295. The number of aliphatic hydroxyl groups is 1. The van der Waals surface area contributed by atoms with Crippen molar-refractivity contribution in [2.45, 2.75) is 32.4 Å². The first kappa shape index (κ1) is 22.1. The van der Waals surface area contributed by atoms with Gasteiger partial charge in [0.05, 0.1) is 29.9 Å². The van der Waals surface area contributed by atoms with E-state index in [9.17, 15) is 10.4 Å². The van der Waals surface area contributed by atoms with Gasteiger partial charge in [0.2, 0.25) is 0 Å². The molecule has 1 fully saturated rings. The van der Waals surface area contributed by atoms with E-state index in [4.69, 9.17) is 16.3 Å². The van der Waals surface area contributed by atoms with E-state index in [1.807, 2.05) is 43.3 Å². The van der Waals surface area contributed by atoms with Crippen LogP contribution in [0.5, 0.6) is 5.75 Å². The third-order valence-corrected chi connectivity index (χ3v) is 6.38. The molecule has 0 radical (unpaired) electrons. The van der Waals surface area contributed by atoms with Crippen LogP contribution in [0.2, 0.25) is 5.02 Å². The Hall–Kier alpha value is -3.08. The van der Waals surface area contributed by atoms with Crippen molar-refractivity contribution in [1.82, 2.24) is 10.2 Å². The third-order valence-electron chi connectivity index (χ3n) is 6.09. The van der Waals surface area contributed by atoms with Crippen LogP contribution in [0.15, 0.2) is 36.4 Å². The first-order valence-corrected chi connectivity index (χ1v) is 11.1. The van der Waals surface area contributed by atoms with Crippen molar-refractivity contribution in [3.05, 3.63) is 52.5 Å². The molecule has 8 heteroatoms. The number of halogens is 1. The van der Waals surface area contributed by atoms with E-state index in [1.165, 1.54) is 0 Å². The van der Waals surface area contributed by atoms with Crippen LogP contribution in [0.4, 0.5) is 11.6 Å². The fraction of sp³-hybridized carbons (Fsp3) is 0.375. The SMILES string of the molecule is COc1ccc(CNc2nnc(N3CCC(C(C)O)CC3)c3ccc(C#N)cc23)cc1Cl. The summed E-state index contributed by atoms with van der Waals surface area (Å²) in [5, 5.41) is 34.0. The van der Waals surface area contributed by atoms with Crippen LogP contribution < -0.4 is 15.0 Å². The second-order valence-electron chi connectivity index (χ2n) is 8.13. The van der Waals surface area contributed by atoms with Crippen LogP contribution in [0.1, 0.15) is 30.9 Å². The summed E-state index contributed by atoms with van der Waals surface area (Å²) in [6, 6.07) is 13.4. The lowest BCUT2D eigenvalue weighted by molar-refractivity contribution is 0.110. The number of nitrogens with zero attached hydrogens (tertiary/aromatic N) is 4. The zero-order valence-electron chi connectivity index (χ0n) is 18.2. The minimum Gasteiger partial charge on any atom is -0.495 e. The average molecular weight is 452 g/mol. The van der Waals surface area contributed by atoms with E-state index < -0.39 is 0 Å². The molecule has 32 heavy (non-hydrogen) atoms. The molecule has 1 saturated heterocycles. The molecule has 1 aliphatic heterocycles. The Bertz CT molecular complexity index is 1150. The predicted molar refractivity (Wildman–Crippen MR) is 126 cm³/mol. The lowest BCUT2D eigenvalue weighted by atomic mass is 9.92. The predicted octanol–water partition coefficient (Wildman–Crippen LogP) is 4.37. The zero-order chi connectivity index (χ0) is 22.7. The molecule has 166 valence electrons. The van der Waals surface area contributed by atoms with Crippen LogP contribution in [-0.4, -0.2) is 41.6 Å². The Balaban J connectivity index is 1.62. The Morgan fingerprint density at radius 2 is 2.00 bits per heavy atom. The molecule has 0 saturated carbocycles. The zero-order valence-corrected chi connectivity index (χ0v) is 18.9. The van der Waals surface area contributed by atoms with Gasteiger partial charge in [-0.2, -0.15) is 5.26 Å². The van der Waals surface area contributed by atoms with Crippen molar-refractivity contribution in [1.29, 1.82) is 5.26 Å². The first-order chi connectivity index (χ1) is 15.5. The van der Waals surface area contributed by atoms with E-state index in [0.717, 1.165) is 48.1 Å². The van der Waals surface area contributed by atoms with Gasteiger partial charge in [-0.3, -0.25) is 0 Å². The summed E-state index contributed by atoms with van der Waals surface area (Å²) in [5.41, 5.74) is 1.55. The average Bonchev–Trinajstić information content (AvgIpc) is 2.82. The molecule has 0 amide bonds. The monoisotopic (exact) mass is 451 g/mol. The number of rotatable bonds is 6. The fourth-order valence-electron chi connectivity index (χ4n) is 4.17. The third kappa shape index (κ3) is 4.57. The van der Waals surface area contributed by atoms with E-state index >= 15 is 0 Å². The summed E-state index contributed by atoms with van der Waals surface area (Å²) < 4.78 is 5.21. The summed E-state index contributed by atoms with van der Waals surface area (Å²) in [6.07, 6.45) is 1.53. The van der Waals surface area contributed by atoms with Gasteiger partial charge in [0, 0.05) is 30.4 Å². The van der Waals surface area contributed by atoms with Gasteiger partial charge in [0.1, 0.15) is 5.75 Å². The summed E-state index contributed by atoms with van der Waals surface area (Å²) in [6.45, 7) is 3.99. The molecule has 1 aromatic heterocycles. The van der Waals surface area contributed by atoms with Gasteiger partial charge in [-0.15, -0.1) is 10.2 Å². The number of benzene rings is 2. The smallest absolute Gasteiger partial charge is 0.159 e. The van der Waals surface area contributed by atoms with E-state index in [2.05, 4.69) is 26.5 Å². The van der Waals surface area contributed by atoms with Crippen molar-refractivity contribution in [2.75, 3.05) is 30.4 Å². The Morgan fingerprint density at radius 1 is 1.22 bits per heavy atom. The minimum atomic E-state index is -0.295. The molecule has 1 aliphatic rings. The van der Waals surface area contributed by atoms with Gasteiger partial charge in [0.15, 0.2) is 11.6 Å². The molecule has 0 aliphatic carbocycles. The highest BCUT2D eigenvalue weighted by molar-refractivity contribution is 6.32. The molecular formula is C24H26ClN5O2. The number of nitriles is 1. The number of aliphatic hydroxyl groups excluding tert-OH is 1. The van der Waals surface area contributed by atoms with E-state index in [0.29, 0.717) is 34.6 Å². The van der Waals surface area contributed by atoms with Crippen LogP contribution in [0.25, 0.3) is 10.8 Å². The maximum atomic E-state index is 9.90. The highest BCUT2D eigenvalue weighted by atomic mass is 35.5. The van der Waals surface area contributed by atoms with Gasteiger partial charge < -0.3 is 20.1 Å². The van der Waals surface area contributed by atoms with Gasteiger partial charge in [-0.25, -0.2) is 0 Å². The molecule has 2 heterocycles. The molecule has 4 rings (SSSR count). The van der Waals surface area contributed by atoms with Crippen molar-refractivity contribution in [3.63, 3.8) is 0 Å². The van der Waals surface area contributed by atoms with Gasteiger partial charge in [-0.1, -0.05) is 17.7 Å². The van der Waals surface area contributed by atoms with Crippen molar-refractivity contribution < 1.29 is 9.84 Å². The van der Waals surface area contributed by atoms with Crippen molar-refractivity contribution >= 4 is 34.0 Å². The first-order valence-electron chi connectivity index (χ1n) is 10.7. The van der Waals surface area contributed by atoms with Crippen LogP contribution in [0, 0.1) is 17.2 Å². The number of nitrogens with one attached hydrogen (secondary N) is 1. The molecule has 1 atom stereocenters. The number of fused-ring (bicyclic) bond motifs is 1. The summed E-state index contributed by atoms with van der Waals surface area (Å²) >= 11 is 6.24.